The first-order valence-electron chi connectivity index (χ1n) is 11.6. The summed E-state index contributed by atoms with van der Waals surface area (Å²) in [6, 6.07) is 7.35. The summed E-state index contributed by atoms with van der Waals surface area (Å²) in [5.41, 5.74) is 4.36. The maximum atomic E-state index is 15.2. The van der Waals surface area contributed by atoms with Gasteiger partial charge in [-0.25, -0.2) is 13.6 Å². The number of alkyl halides is 5. The number of nitrogens with zero attached hydrogens (tertiary/aromatic N) is 2. The third-order valence-corrected chi connectivity index (χ3v) is 7.32. The Kier molecular flexibility index (Phi) is 7.94. The molecule has 0 bridgehead atoms. The van der Waals surface area contributed by atoms with Gasteiger partial charge >= 0.3 is 12.1 Å². The van der Waals surface area contributed by atoms with E-state index in [0.717, 1.165) is 12.1 Å². The summed E-state index contributed by atoms with van der Waals surface area (Å²) in [6.07, 6.45) is -6.15. The van der Waals surface area contributed by atoms with E-state index in [2.05, 4.69) is 0 Å². The molecule has 0 heterocycles. The van der Waals surface area contributed by atoms with Crippen molar-refractivity contribution in [1.29, 1.82) is 5.26 Å². The number of nitriles is 1. The average Bonchev–Trinajstić information content (AvgIpc) is 3.61. The Bertz CT molecular complexity index is 1320. The van der Waals surface area contributed by atoms with Gasteiger partial charge in [-0.2, -0.15) is 27.2 Å². The smallest absolute Gasteiger partial charge is 0.320 e. The molecule has 0 aliphatic heterocycles. The van der Waals surface area contributed by atoms with Gasteiger partial charge in [0.1, 0.15) is 11.6 Å². The average molecular weight is 559 g/mol. The molecule has 0 spiro atoms. The molecule has 13 heteroatoms. The Balaban J connectivity index is 2.12. The van der Waals surface area contributed by atoms with Crippen LogP contribution >= 0.6 is 0 Å². The van der Waals surface area contributed by atoms with Crippen LogP contribution in [-0.2, 0) is 14.8 Å². The number of benzene rings is 2. The van der Waals surface area contributed by atoms with Gasteiger partial charge in [0, 0.05) is 0 Å². The van der Waals surface area contributed by atoms with Gasteiger partial charge in [0.05, 0.1) is 17.0 Å². The molecule has 1 amide bonds. The van der Waals surface area contributed by atoms with Crippen LogP contribution in [0.2, 0.25) is 0 Å². The quantitative estimate of drug-likeness (QED) is 0.438. The number of carbonyl (C=O) groups is 1. The molecule has 38 heavy (non-hydrogen) atoms. The fourth-order valence-corrected chi connectivity index (χ4v) is 4.78. The SMILES string of the molecule is CC(C)C[C@H](N)C(=O)N([C@@H](c1ccc(-c2ccc(S(N)(=O)=O)cc2)cc1)C(F)(F)C(F)(F)F)C1(C#N)CC1. The lowest BCUT2D eigenvalue weighted by molar-refractivity contribution is -0.305. The van der Waals surface area contributed by atoms with E-state index in [1.165, 1.54) is 36.4 Å². The molecule has 2 aromatic carbocycles. The zero-order valence-electron chi connectivity index (χ0n) is 20.5. The van der Waals surface area contributed by atoms with Crippen LogP contribution in [0.4, 0.5) is 22.0 Å². The van der Waals surface area contributed by atoms with Gasteiger partial charge in [0.25, 0.3) is 0 Å². The first kappa shape index (κ1) is 29.5. The number of nitrogens with two attached hydrogens (primary N) is 2. The van der Waals surface area contributed by atoms with Crippen molar-refractivity contribution in [3.8, 4) is 17.2 Å². The summed E-state index contributed by atoms with van der Waals surface area (Å²) in [5.74, 6) is -6.73. The first-order chi connectivity index (χ1) is 17.4. The van der Waals surface area contributed by atoms with Gasteiger partial charge < -0.3 is 10.6 Å². The Morgan fingerprint density at radius 1 is 1.03 bits per heavy atom. The van der Waals surface area contributed by atoms with Crippen LogP contribution in [0.5, 0.6) is 0 Å². The van der Waals surface area contributed by atoms with Crippen LogP contribution in [0, 0.1) is 17.2 Å². The van der Waals surface area contributed by atoms with Gasteiger partial charge in [0.15, 0.2) is 0 Å². The largest absolute Gasteiger partial charge is 0.455 e. The second kappa shape index (κ2) is 10.2. The monoisotopic (exact) mass is 558 g/mol. The fraction of sp³-hybridized carbons (Fsp3) is 0.440. The van der Waals surface area contributed by atoms with Crippen LogP contribution in [0.1, 0.15) is 44.7 Å². The van der Waals surface area contributed by atoms with Crippen LogP contribution in [0.3, 0.4) is 0 Å². The van der Waals surface area contributed by atoms with Gasteiger partial charge in [-0.15, -0.1) is 0 Å². The summed E-state index contributed by atoms with van der Waals surface area (Å²) in [6.45, 7) is 3.43. The molecule has 0 unspecified atom stereocenters. The first-order valence-corrected chi connectivity index (χ1v) is 13.2. The molecule has 2 aromatic rings. The zero-order valence-corrected chi connectivity index (χ0v) is 21.4. The van der Waals surface area contributed by atoms with E-state index in [1.807, 2.05) is 0 Å². The number of halogens is 5. The molecule has 0 aromatic heterocycles. The molecule has 1 saturated carbocycles. The van der Waals surface area contributed by atoms with Crippen LogP contribution < -0.4 is 10.9 Å². The van der Waals surface area contributed by atoms with Crippen molar-refractivity contribution in [2.75, 3.05) is 0 Å². The number of carbonyl (C=O) groups excluding carboxylic acids is 1. The van der Waals surface area contributed by atoms with Crippen molar-refractivity contribution >= 4 is 15.9 Å². The number of hydrogen-bond acceptors (Lipinski definition) is 5. The lowest BCUT2D eigenvalue weighted by Crippen LogP contribution is -2.58. The van der Waals surface area contributed by atoms with Gasteiger partial charge in [-0.3, -0.25) is 4.79 Å². The van der Waals surface area contributed by atoms with E-state index in [0.29, 0.717) is 16.0 Å². The normalized spacial score (nSPS) is 17.0. The molecule has 206 valence electrons. The summed E-state index contributed by atoms with van der Waals surface area (Å²) in [7, 11) is -3.96. The number of rotatable bonds is 9. The topological polar surface area (TPSA) is 130 Å². The molecule has 0 saturated heterocycles. The Labute approximate surface area is 217 Å². The highest BCUT2D eigenvalue weighted by Crippen LogP contribution is 2.54. The second-order valence-corrected chi connectivity index (χ2v) is 11.4. The fourth-order valence-electron chi connectivity index (χ4n) is 4.27. The lowest BCUT2D eigenvalue weighted by atomic mass is 9.92. The van der Waals surface area contributed by atoms with Crippen molar-refractivity contribution in [3.63, 3.8) is 0 Å². The van der Waals surface area contributed by atoms with E-state index in [9.17, 15) is 31.6 Å². The highest BCUT2D eigenvalue weighted by molar-refractivity contribution is 7.89. The van der Waals surface area contributed by atoms with Gasteiger partial charge in [0.2, 0.25) is 15.9 Å². The number of hydrogen-bond donors (Lipinski definition) is 2. The number of primary sulfonamides is 1. The zero-order chi connectivity index (χ0) is 28.7. The minimum absolute atomic E-state index is 0.0224. The van der Waals surface area contributed by atoms with E-state index in [4.69, 9.17) is 10.9 Å². The van der Waals surface area contributed by atoms with Crippen LogP contribution in [0.25, 0.3) is 11.1 Å². The maximum absolute atomic E-state index is 15.2. The standard InChI is InChI=1S/C25H27F5N4O3S/c1-15(2)13-20(32)22(35)34(23(14-31)11-12-23)21(24(26,27)25(28,29)30)18-5-3-16(4-6-18)17-7-9-19(10-8-17)38(33,36)37/h3-10,15,20-21H,11-13,32H2,1-2H3,(H2,33,36,37)/t20-,21-/m0/s1. The molecule has 7 nitrogen and oxygen atoms in total. The minimum Gasteiger partial charge on any atom is -0.320 e. The third-order valence-electron chi connectivity index (χ3n) is 6.39. The Morgan fingerprint density at radius 2 is 1.50 bits per heavy atom. The molecular weight excluding hydrogens is 531 g/mol. The molecule has 2 atom stereocenters. The minimum atomic E-state index is -6.04. The van der Waals surface area contributed by atoms with E-state index < -0.39 is 51.2 Å². The summed E-state index contributed by atoms with van der Waals surface area (Å²) in [4.78, 5) is 13.5. The maximum Gasteiger partial charge on any atom is 0.455 e. The number of amides is 1. The molecule has 1 fully saturated rings. The number of sulfonamides is 1. The van der Waals surface area contributed by atoms with Gasteiger partial charge in [-0.05, 0) is 54.0 Å². The lowest BCUT2D eigenvalue weighted by Gasteiger charge is -2.41. The van der Waals surface area contributed by atoms with E-state index in [1.54, 1.807) is 19.9 Å². The van der Waals surface area contributed by atoms with E-state index in [-0.39, 0.29) is 30.1 Å². The van der Waals surface area contributed by atoms with Crippen molar-refractivity contribution in [2.24, 2.45) is 16.8 Å². The molecular formula is C25H27F5N4O3S. The molecule has 0 radical (unpaired) electrons. The van der Waals surface area contributed by atoms with Gasteiger partial charge in [-0.1, -0.05) is 50.2 Å². The molecule has 4 N–H and O–H groups in total. The second-order valence-electron chi connectivity index (χ2n) is 9.80. The van der Waals surface area contributed by atoms with Crippen LogP contribution in [0.15, 0.2) is 53.4 Å². The predicted octanol–water partition coefficient (Wildman–Crippen LogP) is 4.50. The summed E-state index contributed by atoms with van der Waals surface area (Å²) >= 11 is 0. The summed E-state index contributed by atoms with van der Waals surface area (Å²) < 4.78 is 94.4. The highest BCUT2D eigenvalue weighted by Gasteiger charge is 2.69. The highest BCUT2D eigenvalue weighted by atomic mass is 32.2. The third kappa shape index (κ3) is 5.82. The molecule has 3 rings (SSSR count). The summed E-state index contributed by atoms with van der Waals surface area (Å²) in [5, 5.41) is 14.8. The predicted molar refractivity (Wildman–Crippen MR) is 129 cm³/mol. The van der Waals surface area contributed by atoms with Crippen molar-refractivity contribution in [2.45, 2.75) is 67.7 Å². The van der Waals surface area contributed by atoms with Crippen molar-refractivity contribution < 1.29 is 35.2 Å². The van der Waals surface area contributed by atoms with Crippen molar-refractivity contribution in [3.05, 3.63) is 54.1 Å². The Morgan fingerprint density at radius 3 is 1.87 bits per heavy atom. The molecule has 1 aliphatic carbocycles. The van der Waals surface area contributed by atoms with Crippen LogP contribution in [-0.4, -0.2) is 42.9 Å². The Hall–Kier alpha value is -3.08. The molecule has 1 aliphatic rings. The van der Waals surface area contributed by atoms with E-state index >= 15 is 8.78 Å². The van der Waals surface area contributed by atoms with Crippen molar-refractivity contribution in [1.82, 2.24) is 4.90 Å².